The molecular weight excluding hydrogens is 224 g/mol. The fourth-order valence-electron chi connectivity index (χ4n) is 0.767. The first-order valence-corrected chi connectivity index (χ1v) is 4.88. The molecule has 0 heterocycles. The first-order valence-electron chi connectivity index (χ1n) is 4.88. The van der Waals surface area contributed by atoms with Crippen LogP contribution in [0.4, 0.5) is 17.6 Å². The molecule has 0 aromatic carbocycles. The number of rotatable bonds is 4. The average molecular weight is 242 g/mol. The van der Waals surface area contributed by atoms with Gasteiger partial charge in [0.15, 0.2) is 11.7 Å². The summed E-state index contributed by atoms with van der Waals surface area (Å²) in [5.74, 6) is -3.10. The van der Waals surface area contributed by atoms with Gasteiger partial charge in [0.1, 0.15) is 12.8 Å². The van der Waals surface area contributed by atoms with Crippen molar-refractivity contribution in [3.63, 3.8) is 0 Å². The van der Waals surface area contributed by atoms with E-state index in [0.717, 1.165) is 6.92 Å². The molecule has 0 radical (unpaired) electrons. The molecule has 6 heteroatoms. The number of nitrogens with two attached hydrogens (primary N) is 2. The van der Waals surface area contributed by atoms with Gasteiger partial charge in [0.25, 0.3) is 0 Å². The van der Waals surface area contributed by atoms with Crippen molar-refractivity contribution in [1.82, 2.24) is 0 Å². The predicted octanol–water partition coefficient (Wildman–Crippen LogP) is 2.66. The van der Waals surface area contributed by atoms with Crippen LogP contribution in [0.2, 0.25) is 0 Å². The lowest BCUT2D eigenvalue weighted by atomic mass is 10.1. The Morgan fingerprint density at radius 1 is 1.19 bits per heavy atom. The van der Waals surface area contributed by atoms with Gasteiger partial charge < -0.3 is 11.5 Å². The van der Waals surface area contributed by atoms with Crippen LogP contribution in [0.3, 0.4) is 0 Å². The van der Waals surface area contributed by atoms with Gasteiger partial charge in [-0.2, -0.15) is 0 Å². The molecule has 0 aliphatic rings. The first-order chi connectivity index (χ1) is 7.45. The van der Waals surface area contributed by atoms with Crippen LogP contribution in [0.25, 0.3) is 0 Å². The van der Waals surface area contributed by atoms with Crippen molar-refractivity contribution in [3.8, 4) is 0 Å². The molecule has 4 N–H and O–H groups in total. The van der Waals surface area contributed by atoms with Crippen LogP contribution < -0.4 is 11.5 Å². The van der Waals surface area contributed by atoms with E-state index in [4.69, 9.17) is 11.5 Å². The van der Waals surface area contributed by atoms with Crippen LogP contribution in [0, 0.1) is 0 Å². The summed E-state index contributed by atoms with van der Waals surface area (Å²) < 4.78 is 50.3. The van der Waals surface area contributed by atoms with E-state index >= 15 is 0 Å². The smallest absolute Gasteiger partial charge is 0.180 e. The maximum Gasteiger partial charge on any atom is 0.180 e. The van der Waals surface area contributed by atoms with Crippen LogP contribution in [0.15, 0.2) is 22.9 Å². The van der Waals surface area contributed by atoms with Gasteiger partial charge in [0.2, 0.25) is 0 Å². The number of hydrogen-bond acceptors (Lipinski definition) is 2. The first kappa shape index (κ1) is 17.4. The van der Waals surface area contributed by atoms with Crippen LogP contribution >= 0.6 is 0 Å². The van der Waals surface area contributed by atoms with E-state index < -0.39 is 42.3 Å². The van der Waals surface area contributed by atoms with Gasteiger partial charge in [-0.15, -0.1) is 0 Å². The highest BCUT2D eigenvalue weighted by Gasteiger charge is 2.18. The molecule has 0 aromatic heterocycles. The van der Waals surface area contributed by atoms with E-state index in [0.29, 0.717) is 0 Å². The Kier molecular flexibility index (Phi) is 9.99. The highest BCUT2D eigenvalue weighted by molar-refractivity contribution is 5.30. The molecule has 0 fully saturated rings. The van der Waals surface area contributed by atoms with Gasteiger partial charge in [-0.05, 0) is 6.92 Å². The molecule has 1 atom stereocenters. The third-order valence-corrected chi connectivity index (χ3v) is 1.60. The molecule has 0 bridgehead atoms. The summed E-state index contributed by atoms with van der Waals surface area (Å²) in [5.41, 5.74) is 8.32. The van der Waals surface area contributed by atoms with Crippen molar-refractivity contribution < 1.29 is 17.6 Å². The minimum Gasteiger partial charge on any atom is -0.397 e. The lowest BCUT2D eigenvalue weighted by Gasteiger charge is -2.07. The quantitative estimate of drug-likeness (QED) is 0.588. The molecule has 0 saturated carbocycles. The topological polar surface area (TPSA) is 52.0 Å². The Labute approximate surface area is 93.0 Å². The maximum absolute atomic E-state index is 13.0. The van der Waals surface area contributed by atoms with Gasteiger partial charge in [-0.1, -0.05) is 13.8 Å². The third-order valence-electron chi connectivity index (χ3n) is 1.60. The van der Waals surface area contributed by atoms with E-state index in [1.165, 1.54) is 0 Å². The zero-order valence-electron chi connectivity index (χ0n) is 9.66. The second-order valence-corrected chi connectivity index (χ2v) is 2.63. The van der Waals surface area contributed by atoms with E-state index in [1.807, 2.05) is 13.8 Å². The lowest BCUT2D eigenvalue weighted by molar-refractivity contribution is 0.390. The highest BCUT2D eigenvalue weighted by atomic mass is 19.2. The molecular formula is C10H18F4N2. The second-order valence-electron chi connectivity index (χ2n) is 2.63. The molecule has 0 amide bonds. The van der Waals surface area contributed by atoms with Crippen molar-refractivity contribution in [2.75, 3.05) is 13.2 Å². The van der Waals surface area contributed by atoms with Crippen LogP contribution in [-0.2, 0) is 0 Å². The lowest BCUT2D eigenvalue weighted by Crippen LogP contribution is -2.14. The Morgan fingerprint density at radius 2 is 1.62 bits per heavy atom. The fraction of sp³-hybridized carbons (Fsp3) is 0.600. The average Bonchev–Trinajstić information content (AvgIpc) is 2.29. The Balaban J connectivity index is 0. The summed E-state index contributed by atoms with van der Waals surface area (Å²) in [6.07, 6.45) is -1.74. The zero-order chi connectivity index (χ0) is 13.3. The summed E-state index contributed by atoms with van der Waals surface area (Å²) >= 11 is 0. The largest absolute Gasteiger partial charge is 0.397 e. The van der Waals surface area contributed by atoms with Gasteiger partial charge >= 0.3 is 0 Å². The summed E-state index contributed by atoms with van der Waals surface area (Å²) in [4.78, 5) is 0. The molecule has 0 saturated heterocycles. The molecule has 2 nitrogen and oxygen atoms in total. The monoisotopic (exact) mass is 242 g/mol. The van der Waals surface area contributed by atoms with Crippen molar-refractivity contribution in [1.29, 1.82) is 0 Å². The minimum atomic E-state index is -1.74. The zero-order valence-corrected chi connectivity index (χ0v) is 9.66. The normalized spacial score (nSPS) is 15.5. The van der Waals surface area contributed by atoms with Crippen LogP contribution in [0.5, 0.6) is 0 Å². The molecule has 1 unspecified atom stereocenters. The standard InChI is InChI=1S/C8H12F4N2.C2H6/c1-4(10)5(3-13)7(11)8(12)6(14)2-9;1-2/h4H,2-3,13-14H2,1H3;1-2H3/b7-5+,8-6-;. The van der Waals surface area contributed by atoms with Gasteiger partial charge in [0, 0.05) is 12.1 Å². The SMILES string of the molecule is CC.CC(F)/C(CN)=C(F)\C(F)=C(\N)CF. The molecule has 0 aliphatic heterocycles. The highest BCUT2D eigenvalue weighted by Crippen LogP contribution is 2.22. The van der Waals surface area contributed by atoms with E-state index in [-0.39, 0.29) is 0 Å². The Morgan fingerprint density at radius 3 is 1.88 bits per heavy atom. The number of alkyl halides is 2. The van der Waals surface area contributed by atoms with Crippen LogP contribution in [-0.4, -0.2) is 19.4 Å². The summed E-state index contributed by atoms with van der Waals surface area (Å²) in [7, 11) is 0. The summed E-state index contributed by atoms with van der Waals surface area (Å²) in [6, 6.07) is 0. The summed E-state index contributed by atoms with van der Waals surface area (Å²) in [5, 5.41) is 0. The third kappa shape index (κ3) is 5.16. The van der Waals surface area contributed by atoms with E-state index in [9.17, 15) is 17.6 Å². The minimum absolute atomic E-state index is 0.490. The molecule has 0 aromatic rings. The van der Waals surface area contributed by atoms with E-state index in [1.54, 1.807) is 0 Å². The predicted molar refractivity (Wildman–Crippen MR) is 57.4 cm³/mol. The van der Waals surface area contributed by atoms with Gasteiger partial charge in [-0.25, -0.2) is 17.6 Å². The molecule has 96 valence electrons. The Hall–Kier alpha value is -1.04. The number of allylic oxidation sites excluding steroid dienone is 3. The molecule has 16 heavy (non-hydrogen) atoms. The van der Waals surface area contributed by atoms with Crippen molar-refractivity contribution in [2.24, 2.45) is 11.5 Å². The fourth-order valence-corrected chi connectivity index (χ4v) is 0.767. The maximum atomic E-state index is 13.0. The Bertz CT molecular complexity index is 260. The summed E-state index contributed by atoms with van der Waals surface area (Å²) in [6.45, 7) is 3.18. The van der Waals surface area contributed by atoms with Gasteiger partial charge in [-0.3, -0.25) is 0 Å². The van der Waals surface area contributed by atoms with E-state index in [2.05, 4.69) is 0 Å². The van der Waals surface area contributed by atoms with Crippen molar-refractivity contribution in [3.05, 3.63) is 22.9 Å². The van der Waals surface area contributed by atoms with Gasteiger partial charge in [0.05, 0.1) is 5.70 Å². The van der Waals surface area contributed by atoms with Crippen LogP contribution in [0.1, 0.15) is 20.8 Å². The molecule has 0 aliphatic carbocycles. The second kappa shape index (κ2) is 9.21. The molecule has 0 rings (SSSR count). The number of hydrogen-bond donors (Lipinski definition) is 2. The van der Waals surface area contributed by atoms with Crippen molar-refractivity contribution >= 4 is 0 Å². The van der Waals surface area contributed by atoms with Crippen molar-refractivity contribution in [2.45, 2.75) is 26.9 Å². The number of halogens is 4. The molecule has 0 spiro atoms.